The van der Waals surface area contributed by atoms with Crippen LogP contribution < -0.4 is 10.2 Å². The van der Waals surface area contributed by atoms with Crippen LogP contribution >= 0.6 is 31.9 Å². The Kier molecular flexibility index (Phi) is 7.77. The number of fused-ring (bicyclic) bond motifs is 1. The molecule has 0 unspecified atom stereocenters. The van der Waals surface area contributed by atoms with Crippen molar-refractivity contribution in [2.24, 2.45) is 5.10 Å². The number of hydrogen-bond acceptors (Lipinski definition) is 4. The number of aromatic nitrogens is 1. The molecule has 1 aromatic heterocycles. The van der Waals surface area contributed by atoms with E-state index in [0.717, 1.165) is 37.6 Å². The first kappa shape index (κ1) is 26.6. The summed E-state index contributed by atoms with van der Waals surface area (Å²) in [6.07, 6.45) is 1.45. The number of aryl methyl sites for hydroxylation is 2. The molecule has 39 heavy (non-hydrogen) atoms. The molecule has 1 amide bonds. The fourth-order valence-electron chi connectivity index (χ4n) is 4.45. The molecule has 4 aromatic carbocycles. The number of carbonyl (C=O) groups excluding carboxylic acids is 2. The van der Waals surface area contributed by atoms with Gasteiger partial charge in [0.15, 0.2) is 5.75 Å². The minimum absolute atomic E-state index is 0.284. The fourth-order valence-corrected chi connectivity index (χ4v) is 5.79. The highest BCUT2D eigenvalue weighted by Gasteiger charge is 2.21. The van der Waals surface area contributed by atoms with Crippen molar-refractivity contribution < 1.29 is 14.3 Å². The molecule has 0 saturated carbocycles. The third-order valence-electron chi connectivity index (χ3n) is 6.15. The number of benzene rings is 4. The normalized spacial score (nSPS) is 11.2. The second-order valence-electron chi connectivity index (χ2n) is 9.01. The zero-order valence-corrected chi connectivity index (χ0v) is 24.3. The molecule has 5 aromatic rings. The molecule has 2 N–H and O–H groups in total. The van der Waals surface area contributed by atoms with Crippen LogP contribution in [0.4, 0.5) is 0 Å². The van der Waals surface area contributed by atoms with Crippen LogP contribution in [-0.2, 0) is 0 Å². The van der Waals surface area contributed by atoms with Crippen molar-refractivity contribution in [1.29, 1.82) is 0 Å². The van der Waals surface area contributed by atoms with Crippen molar-refractivity contribution in [3.8, 4) is 16.9 Å². The molecule has 8 heteroatoms. The number of ether oxygens (including phenoxy) is 1. The van der Waals surface area contributed by atoms with Gasteiger partial charge in [0, 0.05) is 26.5 Å². The summed E-state index contributed by atoms with van der Waals surface area (Å²) in [4.78, 5) is 29.4. The van der Waals surface area contributed by atoms with Gasteiger partial charge in [0.1, 0.15) is 5.69 Å². The maximum atomic E-state index is 13.4. The van der Waals surface area contributed by atoms with E-state index in [1.165, 1.54) is 6.21 Å². The van der Waals surface area contributed by atoms with Crippen molar-refractivity contribution in [1.82, 2.24) is 10.4 Å². The molecular weight excluding hydrogens is 622 g/mol. The molecule has 0 aliphatic heterocycles. The van der Waals surface area contributed by atoms with Crippen LogP contribution in [0, 0.1) is 13.8 Å². The van der Waals surface area contributed by atoms with Crippen LogP contribution in [0.15, 0.2) is 99.0 Å². The highest BCUT2D eigenvalue weighted by atomic mass is 79.9. The lowest BCUT2D eigenvalue weighted by Gasteiger charge is -2.10. The van der Waals surface area contributed by atoms with E-state index < -0.39 is 11.9 Å². The van der Waals surface area contributed by atoms with Gasteiger partial charge in [-0.15, -0.1) is 0 Å². The molecule has 0 spiro atoms. The van der Waals surface area contributed by atoms with E-state index in [1.807, 2.05) is 50.2 Å². The number of carbonyl (C=O) groups is 2. The summed E-state index contributed by atoms with van der Waals surface area (Å²) in [5.41, 5.74) is 8.75. The van der Waals surface area contributed by atoms with Gasteiger partial charge in [0.2, 0.25) is 0 Å². The number of H-pyrrole nitrogens is 1. The predicted molar refractivity (Wildman–Crippen MR) is 162 cm³/mol. The molecule has 0 bridgehead atoms. The largest absolute Gasteiger partial charge is 0.421 e. The summed E-state index contributed by atoms with van der Waals surface area (Å²) >= 11 is 6.92. The maximum absolute atomic E-state index is 13.4. The highest BCUT2D eigenvalue weighted by Crippen LogP contribution is 2.35. The fraction of sp³-hybridized carbons (Fsp3) is 0.0645. The van der Waals surface area contributed by atoms with E-state index in [4.69, 9.17) is 4.74 Å². The van der Waals surface area contributed by atoms with Gasteiger partial charge in [-0.2, -0.15) is 5.10 Å². The van der Waals surface area contributed by atoms with E-state index >= 15 is 0 Å². The van der Waals surface area contributed by atoms with Crippen molar-refractivity contribution in [3.63, 3.8) is 0 Å². The zero-order valence-electron chi connectivity index (χ0n) is 21.1. The lowest BCUT2D eigenvalue weighted by molar-refractivity contribution is 0.0733. The Bertz CT molecular complexity index is 1730. The van der Waals surface area contributed by atoms with E-state index in [2.05, 4.69) is 59.5 Å². The van der Waals surface area contributed by atoms with E-state index in [-0.39, 0.29) is 5.75 Å². The van der Waals surface area contributed by atoms with Crippen LogP contribution in [0.5, 0.6) is 5.75 Å². The predicted octanol–water partition coefficient (Wildman–Crippen LogP) is 7.96. The average molecular weight is 645 g/mol. The number of aromatic amines is 1. The number of amides is 1. The second-order valence-corrected chi connectivity index (χ2v) is 10.8. The topological polar surface area (TPSA) is 83.6 Å². The number of esters is 1. The lowest BCUT2D eigenvalue weighted by Crippen LogP contribution is -2.19. The number of hydrogen-bond donors (Lipinski definition) is 2. The van der Waals surface area contributed by atoms with Gasteiger partial charge in [-0.05, 0) is 71.2 Å². The van der Waals surface area contributed by atoms with Gasteiger partial charge in [-0.25, -0.2) is 10.2 Å². The number of rotatable bonds is 6. The number of hydrazone groups is 1. The number of halogens is 2. The van der Waals surface area contributed by atoms with Crippen LogP contribution in [0.3, 0.4) is 0 Å². The van der Waals surface area contributed by atoms with Crippen LogP contribution in [0.1, 0.15) is 37.5 Å². The molecule has 0 radical (unpaired) electrons. The van der Waals surface area contributed by atoms with Crippen molar-refractivity contribution in [3.05, 3.63) is 122 Å². The second kappa shape index (κ2) is 11.4. The first-order valence-electron chi connectivity index (χ1n) is 12.1. The molecule has 0 aliphatic carbocycles. The monoisotopic (exact) mass is 643 g/mol. The number of nitrogens with one attached hydrogen (secondary N) is 2. The average Bonchev–Trinajstić information content (AvgIpc) is 3.31. The Morgan fingerprint density at radius 2 is 1.62 bits per heavy atom. The summed E-state index contributed by atoms with van der Waals surface area (Å²) in [5, 5.41) is 5.18. The third kappa shape index (κ3) is 5.72. The highest BCUT2D eigenvalue weighted by molar-refractivity contribution is 9.11. The zero-order chi connectivity index (χ0) is 27.5. The van der Waals surface area contributed by atoms with Gasteiger partial charge in [-0.1, -0.05) is 76.1 Å². The minimum Gasteiger partial charge on any atom is -0.421 e. The molecule has 0 atom stereocenters. The molecule has 194 valence electrons. The smallest absolute Gasteiger partial charge is 0.343 e. The maximum Gasteiger partial charge on any atom is 0.343 e. The van der Waals surface area contributed by atoms with Gasteiger partial charge >= 0.3 is 5.97 Å². The summed E-state index contributed by atoms with van der Waals surface area (Å²) in [7, 11) is 0. The Balaban J connectivity index is 1.46. The number of nitrogens with zero attached hydrogens (tertiary/aromatic N) is 1. The van der Waals surface area contributed by atoms with Gasteiger partial charge in [0.05, 0.1) is 16.3 Å². The van der Waals surface area contributed by atoms with Crippen molar-refractivity contribution >= 4 is 60.9 Å². The lowest BCUT2D eigenvalue weighted by atomic mass is 9.99. The molecule has 0 aliphatic rings. The SMILES string of the molecule is Cc1cc(C)c2[nH]c(C(=O)NN=Cc3cc(Br)cc(Br)c3OC(=O)c3ccccc3)c(-c3ccccc3)c2c1. The Labute approximate surface area is 242 Å². The van der Waals surface area contributed by atoms with Crippen LogP contribution in [0.2, 0.25) is 0 Å². The molecule has 1 heterocycles. The molecule has 0 saturated heterocycles. The quantitative estimate of drug-likeness (QED) is 0.0851. The van der Waals surface area contributed by atoms with E-state index in [9.17, 15) is 9.59 Å². The summed E-state index contributed by atoms with van der Waals surface area (Å²) in [6.45, 7) is 4.06. The van der Waals surface area contributed by atoms with Crippen molar-refractivity contribution in [2.45, 2.75) is 13.8 Å². The summed E-state index contributed by atoms with van der Waals surface area (Å²) in [6, 6.07) is 26.2. The standard InChI is InChI=1S/C31H23Br2N3O3/c1-18-13-19(2)27-24(14-18)26(20-9-5-3-6-10-20)28(35-27)30(37)36-34-17-22-15-23(32)16-25(33)29(22)39-31(38)21-11-7-4-8-12-21/h3-17,35H,1-2H3,(H,36,37). The van der Waals surface area contributed by atoms with Crippen molar-refractivity contribution in [2.75, 3.05) is 0 Å². The molecule has 6 nitrogen and oxygen atoms in total. The van der Waals surface area contributed by atoms with Gasteiger partial charge < -0.3 is 9.72 Å². The van der Waals surface area contributed by atoms with Gasteiger partial charge in [0.25, 0.3) is 5.91 Å². The van der Waals surface area contributed by atoms with E-state index in [0.29, 0.717) is 21.3 Å². The van der Waals surface area contributed by atoms with E-state index in [1.54, 1.807) is 36.4 Å². The third-order valence-corrected chi connectivity index (χ3v) is 7.20. The Morgan fingerprint density at radius 1 is 0.923 bits per heavy atom. The van der Waals surface area contributed by atoms with Gasteiger partial charge in [-0.3, -0.25) is 4.79 Å². The first-order valence-corrected chi connectivity index (χ1v) is 13.7. The summed E-state index contributed by atoms with van der Waals surface area (Å²) in [5.74, 6) is -0.615. The van der Waals surface area contributed by atoms with Crippen LogP contribution in [-0.4, -0.2) is 23.1 Å². The minimum atomic E-state index is -0.506. The summed E-state index contributed by atoms with van der Waals surface area (Å²) < 4.78 is 6.99. The Morgan fingerprint density at radius 3 is 2.33 bits per heavy atom. The molecular formula is C31H23Br2N3O3. The van der Waals surface area contributed by atoms with Crippen LogP contribution in [0.25, 0.3) is 22.0 Å². The molecule has 0 fully saturated rings. The molecule has 5 rings (SSSR count). The first-order chi connectivity index (χ1) is 18.8. The Hall–Kier alpha value is -4.01.